The maximum Gasteiger partial charge on any atom is 0.0715 e. The van der Waals surface area contributed by atoms with E-state index in [0.29, 0.717) is 0 Å². The van der Waals surface area contributed by atoms with Gasteiger partial charge in [-0.25, -0.2) is 4.98 Å². The van der Waals surface area contributed by atoms with Gasteiger partial charge in [-0.1, -0.05) is 200 Å². The molecule has 18 rings (SSSR count). The van der Waals surface area contributed by atoms with Gasteiger partial charge in [0.1, 0.15) is 0 Å². The van der Waals surface area contributed by atoms with Crippen molar-refractivity contribution in [3.63, 3.8) is 0 Å². The second kappa shape index (κ2) is 20.1. The van der Waals surface area contributed by atoms with Crippen LogP contribution < -0.4 is 0 Å². The third-order valence-corrected chi connectivity index (χ3v) is 18.4. The highest BCUT2D eigenvalue weighted by atomic mass is 15.0. The second-order valence-electron chi connectivity index (χ2n) is 23.3. The van der Waals surface area contributed by atoms with E-state index in [1.165, 1.54) is 87.6 Å². The number of hydrogen-bond acceptors (Lipinski definition) is 1. The summed E-state index contributed by atoms with van der Waals surface area (Å²) in [6.45, 7) is 0. The molecule has 88 heavy (non-hydrogen) atoms. The zero-order chi connectivity index (χ0) is 57.8. The van der Waals surface area contributed by atoms with E-state index in [-0.39, 0.29) is 0 Å². The lowest BCUT2D eigenvalue weighted by molar-refractivity contribution is 0.967. The molecule has 0 saturated heterocycles. The quantitative estimate of drug-likeness (QED) is 0.142. The fourth-order valence-electron chi connectivity index (χ4n) is 14.5. The molecular formula is C83H55N5. The first-order valence-electron chi connectivity index (χ1n) is 30.5. The van der Waals surface area contributed by atoms with Crippen molar-refractivity contribution in [2.24, 2.45) is 0 Å². The number of allylic oxidation sites excluding steroid dienone is 1. The van der Waals surface area contributed by atoms with Gasteiger partial charge in [0.05, 0.1) is 61.4 Å². The normalized spacial score (nSPS) is 12.4. The monoisotopic (exact) mass is 1120 g/mol. The van der Waals surface area contributed by atoms with Gasteiger partial charge in [0.2, 0.25) is 0 Å². The highest BCUT2D eigenvalue weighted by molar-refractivity contribution is 6.12. The van der Waals surface area contributed by atoms with Crippen molar-refractivity contribution in [3.8, 4) is 78.6 Å². The minimum atomic E-state index is 0.895. The van der Waals surface area contributed by atoms with E-state index < -0.39 is 0 Å². The van der Waals surface area contributed by atoms with Crippen molar-refractivity contribution < 1.29 is 0 Å². The largest absolute Gasteiger partial charge is 0.309 e. The molecule has 0 bridgehead atoms. The Morgan fingerprint density at radius 2 is 0.625 bits per heavy atom. The molecule has 17 aromatic rings. The Balaban J connectivity index is 0.832. The lowest BCUT2D eigenvalue weighted by Crippen LogP contribution is -2.04. The van der Waals surface area contributed by atoms with Gasteiger partial charge >= 0.3 is 0 Å². The molecule has 5 nitrogen and oxygen atoms in total. The van der Waals surface area contributed by atoms with Gasteiger partial charge in [-0.05, 0) is 150 Å². The summed E-state index contributed by atoms with van der Waals surface area (Å²) < 4.78 is 9.82. The molecule has 0 fully saturated rings. The van der Waals surface area contributed by atoms with Crippen molar-refractivity contribution in [1.29, 1.82) is 0 Å². The smallest absolute Gasteiger partial charge is 0.0715 e. The molecule has 0 N–H and O–H groups in total. The lowest BCUT2D eigenvalue weighted by Gasteiger charge is -2.19. The highest BCUT2D eigenvalue weighted by Crippen LogP contribution is 2.44. The van der Waals surface area contributed by atoms with Crippen molar-refractivity contribution in [2.45, 2.75) is 12.8 Å². The number of para-hydroxylation sites is 7. The number of aryl methyl sites for hydroxylation is 1. The molecule has 1 aliphatic carbocycles. The zero-order valence-electron chi connectivity index (χ0n) is 48.1. The molecule has 5 aromatic heterocycles. The fourth-order valence-corrected chi connectivity index (χ4v) is 14.5. The van der Waals surface area contributed by atoms with E-state index >= 15 is 0 Å². The molecule has 1 aliphatic rings. The minimum Gasteiger partial charge on any atom is -0.309 e. The number of fused-ring (bicyclic) bond motifs is 12. The summed E-state index contributed by atoms with van der Waals surface area (Å²) in [5, 5.41) is 8.71. The zero-order valence-corrected chi connectivity index (χ0v) is 48.1. The third kappa shape index (κ3) is 7.84. The lowest BCUT2D eigenvalue weighted by atomic mass is 9.95. The molecule has 12 aromatic carbocycles. The third-order valence-electron chi connectivity index (χ3n) is 18.4. The van der Waals surface area contributed by atoms with E-state index in [4.69, 9.17) is 4.98 Å². The number of rotatable bonds is 9. The highest BCUT2D eigenvalue weighted by Gasteiger charge is 2.24. The molecule has 5 heteroatoms. The SMILES string of the molecule is C1=Cc2c(c3ccccc3n2-c2ccc(-n3c4ccccc4c4ccccc43)cc2-c2cccc(-c3cc(-c4ccccc4)cc(-c4cccc(-c5cc(-n6c7ccccc7c7ccccc76)ccc5-n5c6ccccc6c6ccccc65)c4)n3)c2)CC1. The summed E-state index contributed by atoms with van der Waals surface area (Å²) >= 11 is 0. The van der Waals surface area contributed by atoms with Crippen LogP contribution in [0.25, 0.3) is 161 Å². The number of nitrogens with zero attached hydrogens (tertiary/aromatic N) is 5. The summed E-state index contributed by atoms with van der Waals surface area (Å²) in [5.74, 6) is 0. The van der Waals surface area contributed by atoms with Crippen LogP contribution in [0.2, 0.25) is 0 Å². The fraction of sp³-hybridized carbons (Fsp3) is 0.0241. The van der Waals surface area contributed by atoms with Gasteiger partial charge < -0.3 is 18.3 Å². The van der Waals surface area contributed by atoms with Crippen molar-refractivity contribution in [3.05, 3.63) is 315 Å². The predicted molar refractivity (Wildman–Crippen MR) is 369 cm³/mol. The van der Waals surface area contributed by atoms with Crippen LogP contribution in [0.1, 0.15) is 17.7 Å². The van der Waals surface area contributed by atoms with E-state index in [0.717, 1.165) is 91.5 Å². The Kier molecular flexibility index (Phi) is 11.4. The Morgan fingerprint density at radius 1 is 0.261 bits per heavy atom. The average Bonchev–Trinajstić information content (AvgIpc) is 1.78. The Morgan fingerprint density at radius 3 is 1.08 bits per heavy atom. The van der Waals surface area contributed by atoms with Gasteiger partial charge in [-0.3, -0.25) is 0 Å². The van der Waals surface area contributed by atoms with Crippen LogP contribution in [0.3, 0.4) is 0 Å². The molecule has 0 amide bonds. The maximum atomic E-state index is 5.72. The minimum absolute atomic E-state index is 0.895. The summed E-state index contributed by atoms with van der Waals surface area (Å²) in [6, 6.07) is 109. The molecule has 0 spiro atoms. The number of benzene rings is 12. The Labute approximate surface area is 508 Å². The summed E-state index contributed by atoms with van der Waals surface area (Å²) in [7, 11) is 0. The molecule has 0 aliphatic heterocycles. The van der Waals surface area contributed by atoms with Gasteiger partial charge in [-0.2, -0.15) is 0 Å². The first-order chi connectivity index (χ1) is 43.7. The van der Waals surface area contributed by atoms with E-state index in [9.17, 15) is 0 Å². The van der Waals surface area contributed by atoms with Gasteiger partial charge in [0, 0.05) is 77.0 Å². The number of aromatic nitrogens is 5. The standard InChI is InChI=1S/C83H55N5/c1-2-22-54(23-3-1)59-50-72(57-26-20-24-55(48-57)70-52-60(85-74-36-12-4-28-62(74)63-29-5-13-37-75(63)85)44-46-82(70)87-78-40-16-8-32-66(78)67-33-9-17-41-79(67)87)84-73(51-59)58-27-21-25-56(49-58)71-53-61(86-76-38-14-6-30-64(76)65-31-7-15-39-77(65)86)45-47-83(71)88-80-42-18-10-34-68(80)69-35-11-19-43-81(69)88/h1-10,12-34,36-53H,11,35H2. The van der Waals surface area contributed by atoms with Gasteiger partial charge in [-0.15, -0.1) is 0 Å². The van der Waals surface area contributed by atoms with Crippen molar-refractivity contribution >= 4 is 82.4 Å². The van der Waals surface area contributed by atoms with Crippen LogP contribution in [0.4, 0.5) is 0 Å². The molecular weight excluding hydrogens is 1070 g/mol. The molecule has 0 saturated carbocycles. The first-order valence-corrected chi connectivity index (χ1v) is 30.5. The van der Waals surface area contributed by atoms with Crippen LogP contribution in [-0.2, 0) is 6.42 Å². The topological polar surface area (TPSA) is 32.6 Å². The van der Waals surface area contributed by atoms with Crippen molar-refractivity contribution in [2.75, 3.05) is 0 Å². The van der Waals surface area contributed by atoms with Crippen LogP contribution >= 0.6 is 0 Å². The van der Waals surface area contributed by atoms with E-state index in [2.05, 4.69) is 328 Å². The summed E-state index contributed by atoms with van der Waals surface area (Å²) in [6.07, 6.45) is 6.71. The van der Waals surface area contributed by atoms with Crippen LogP contribution in [-0.4, -0.2) is 23.3 Å². The van der Waals surface area contributed by atoms with Gasteiger partial charge in [0.25, 0.3) is 0 Å². The summed E-state index contributed by atoms with van der Waals surface area (Å²) in [5.41, 5.74) is 25.9. The molecule has 412 valence electrons. The van der Waals surface area contributed by atoms with Crippen LogP contribution in [0.15, 0.2) is 303 Å². The first kappa shape index (κ1) is 49.9. The average molecular weight is 1120 g/mol. The molecule has 0 atom stereocenters. The maximum absolute atomic E-state index is 5.72. The second-order valence-corrected chi connectivity index (χ2v) is 23.3. The molecule has 0 radical (unpaired) electrons. The molecule has 5 heterocycles. The summed E-state index contributed by atoms with van der Waals surface area (Å²) in [4.78, 5) is 5.72. The van der Waals surface area contributed by atoms with Gasteiger partial charge in [0.15, 0.2) is 0 Å². The number of hydrogen-bond donors (Lipinski definition) is 0. The Hall–Kier alpha value is -11.5. The van der Waals surface area contributed by atoms with E-state index in [1.54, 1.807) is 0 Å². The number of pyridine rings is 1. The predicted octanol–water partition coefficient (Wildman–Crippen LogP) is 21.6. The van der Waals surface area contributed by atoms with Crippen LogP contribution in [0, 0.1) is 0 Å². The van der Waals surface area contributed by atoms with Crippen molar-refractivity contribution in [1.82, 2.24) is 23.3 Å². The molecule has 0 unspecified atom stereocenters. The van der Waals surface area contributed by atoms with E-state index in [1.807, 2.05) is 0 Å². The Bertz CT molecular complexity index is 5550. The van der Waals surface area contributed by atoms with Crippen LogP contribution in [0.5, 0.6) is 0 Å².